The molecule has 0 aliphatic heterocycles. The summed E-state index contributed by atoms with van der Waals surface area (Å²) in [5.41, 5.74) is -0.437. The molecule has 0 saturated carbocycles. The molecule has 2 heterocycles. The fourth-order valence-electron chi connectivity index (χ4n) is 3.62. The van der Waals surface area contributed by atoms with Crippen LogP contribution in [0.2, 0.25) is 0 Å². The molecular formula is C25H13BrO6. The maximum Gasteiger partial charge on any atom is 0.348 e. The maximum atomic E-state index is 13.5. The Kier molecular flexibility index (Phi) is 4.75. The highest BCUT2D eigenvalue weighted by Gasteiger charge is 2.31. The van der Waals surface area contributed by atoms with Gasteiger partial charge in [0.15, 0.2) is 17.1 Å². The number of fused-ring (bicyclic) bond motifs is 3. The Hall–Kier alpha value is -3.97. The molecule has 32 heavy (non-hydrogen) atoms. The molecule has 0 aliphatic carbocycles. The number of carbonyl (C=O) groups is 2. The van der Waals surface area contributed by atoms with Crippen LogP contribution in [0.25, 0.3) is 21.9 Å². The second-order valence-corrected chi connectivity index (χ2v) is 7.99. The SMILES string of the molecule is O=C(c1ccccc1O)c1oc2c(c1C(=O)c1ccc(Br)cc1)c(=O)oc1ccccc12. The van der Waals surface area contributed by atoms with E-state index in [0.29, 0.717) is 5.39 Å². The van der Waals surface area contributed by atoms with Crippen LogP contribution in [-0.4, -0.2) is 16.7 Å². The lowest BCUT2D eigenvalue weighted by molar-refractivity contribution is 0.0984. The smallest absolute Gasteiger partial charge is 0.348 e. The van der Waals surface area contributed by atoms with Gasteiger partial charge in [0.25, 0.3) is 0 Å². The van der Waals surface area contributed by atoms with Crippen molar-refractivity contribution in [2.45, 2.75) is 0 Å². The Morgan fingerprint density at radius 2 is 1.50 bits per heavy atom. The number of phenols is 1. The monoisotopic (exact) mass is 488 g/mol. The van der Waals surface area contributed by atoms with Gasteiger partial charge >= 0.3 is 5.63 Å². The van der Waals surface area contributed by atoms with Crippen LogP contribution in [0, 0.1) is 0 Å². The van der Waals surface area contributed by atoms with Gasteiger partial charge in [-0.05, 0) is 48.5 Å². The highest BCUT2D eigenvalue weighted by Crippen LogP contribution is 2.34. The number of hydrogen-bond donors (Lipinski definition) is 1. The number of aromatic hydroxyl groups is 1. The summed E-state index contributed by atoms with van der Waals surface area (Å²) in [4.78, 5) is 39.7. The Labute approximate surface area is 188 Å². The van der Waals surface area contributed by atoms with Crippen LogP contribution in [0.3, 0.4) is 0 Å². The standard InChI is InChI=1S/C25H13BrO6/c26-14-11-9-13(10-12-14)21(28)19-20-23(16-6-2-4-8-18(16)31-25(20)30)32-24(19)22(29)15-5-1-3-7-17(15)27/h1-12,27H. The van der Waals surface area contributed by atoms with Gasteiger partial charge in [0.2, 0.25) is 5.78 Å². The van der Waals surface area contributed by atoms with Gasteiger partial charge in [-0.3, -0.25) is 9.59 Å². The first-order valence-corrected chi connectivity index (χ1v) is 10.4. The number of rotatable bonds is 4. The number of halogens is 1. The van der Waals surface area contributed by atoms with Crippen molar-refractivity contribution >= 4 is 49.4 Å². The van der Waals surface area contributed by atoms with E-state index in [1.807, 2.05) is 0 Å². The number of carbonyl (C=O) groups excluding carboxylic acids is 2. The summed E-state index contributed by atoms with van der Waals surface area (Å²) in [6.07, 6.45) is 0. The van der Waals surface area contributed by atoms with E-state index >= 15 is 0 Å². The molecule has 6 nitrogen and oxygen atoms in total. The van der Waals surface area contributed by atoms with Crippen molar-refractivity contribution in [3.63, 3.8) is 0 Å². The molecule has 0 bridgehead atoms. The van der Waals surface area contributed by atoms with Crippen LogP contribution in [0.4, 0.5) is 0 Å². The van der Waals surface area contributed by atoms with Gasteiger partial charge in [0.05, 0.1) is 16.5 Å². The first-order valence-electron chi connectivity index (χ1n) is 9.57. The molecule has 0 atom stereocenters. The van der Waals surface area contributed by atoms with Gasteiger partial charge in [-0.25, -0.2) is 4.79 Å². The number of para-hydroxylation sites is 2. The summed E-state index contributed by atoms with van der Waals surface area (Å²) in [6, 6.07) is 19.1. The molecule has 0 spiro atoms. The zero-order valence-corrected chi connectivity index (χ0v) is 17.9. The largest absolute Gasteiger partial charge is 0.507 e. The van der Waals surface area contributed by atoms with Crippen LogP contribution in [0.1, 0.15) is 32.0 Å². The van der Waals surface area contributed by atoms with E-state index in [1.165, 1.54) is 12.1 Å². The van der Waals surface area contributed by atoms with Crippen molar-refractivity contribution in [2.24, 2.45) is 0 Å². The first-order chi connectivity index (χ1) is 15.5. The van der Waals surface area contributed by atoms with E-state index in [9.17, 15) is 19.5 Å². The van der Waals surface area contributed by atoms with Gasteiger partial charge in [-0.2, -0.15) is 0 Å². The average Bonchev–Trinajstić information content (AvgIpc) is 3.21. The Morgan fingerprint density at radius 3 is 2.25 bits per heavy atom. The first kappa shape index (κ1) is 20.0. The molecule has 0 saturated heterocycles. The van der Waals surface area contributed by atoms with E-state index in [2.05, 4.69) is 15.9 Å². The fraction of sp³-hybridized carbons (Fsp3) is 0. The summed E-state index contributed by atoms with van der Waals surface area (Å²) >= 11 is 3.32. The Morgan fingerprint density at radius 1 is 0.812 bits per heavy atom. The van der Waals surface area contributed by atoms with Crippen molar-refractivity contribution < 1.29 is 23.5 Å². The van der Waals surface area contributed by atoms with E-state index < -0.39 is 17.2 Å². The molecule has 0 aliphatic rings. The molecular weight excluding hydrogens is 476 g/mol. The highest BCUT2D eigenvalue weighted by molar-refractivity contribution is 9.10. The molecule has 0 fully saturated rings. The zero-order valence-electron chi connectivity index (χ0n) is 16.3. The molecule has 0 unspecified atom stereocenters. The predicted octanol–water partition coefficient (Wildman–Crippen LogP) is 5.47. The second kappa shape index (κ2) is 7.62. The van der Waals surface area contributed by atoms with E-state index in [0.717, 1.165) is 4.47 Å². The Balaban J connectivity index is 1.86. The molecule has 5 aromatic rings. The molecule has 5 rings (SSSR count). The van der Waals surface area contributed by atoms with Crippen LogP contribution >= 0.6 is 15.9 Å². The third-order valence-electron chi connectivity index (χ3n) is 5.14. The van der Waals surface area contributed by atoms with E-state index in [1.54, 1.807) is 60.7 Å². The van der Waals surface area contributed by atoms with Crippen molar-refractivity contribution in [1.29, 1.82) is 0 Å². The van der Waals surface area contributed by atoms with Gasteiger partial charge in [0.1, 0.15) is 16.7 Å². The lowest BCUT2D eigenvalue weighted by atomic mass is 9.97. The third-order valence-corrected chi connectivity index (χ3v) is 5.66. The lowest BCUT2D eigenvalue weighted by Crippen LogP contribution is -2.12. The number of hydrogen-bond acceptors (Lipinski definition) is 6. The zero-order chi connectivity index (χ0) is 22.4. The minimum absolute atomic E-state index is 0.0508. The summed E-state index contributed by atoms with van der Waals surface area (Å²) in [6.45, 7) is 0. The van der Waals surface area contributed by atoms with Crippen LogP contribution in [0.5, 0.6) is 5.75 Å². The molecule has 3 aromatic carbocycles. The van der Waals surface area contributed by atoms with Crippen molar-refractivity contribution in [3.05, 3.63) is 110 Å². The molecule has 0 radical (unpaired) electrons. The molecule has 156 valence electrons. The van der Waals surface area contributed by atoms with E-state index in [-0.39, 0.29) is 44.8 Å². The predicted molar refractivity (Wildman–Crippen MR) is 121 cm³/mol. The summed E-state index contributed by atoms with van der Waals surface area (Å²) in [7, 11) is 0. The third kappa shape index (κ3) is 3.14. The molecule has 1 N–H and O–H groups in total. The van der Waals surface area contributed by atoms with Crippen LogP contribution in [0.15, 0.2) is 90.9 Å². The number of furan rings is 1. The fourth-order valence-corrected chi connectivity index (χ4v) is 3.88. The second-order valence-electron chi connectivity index (χ2n) is 7.08. The van der Waals surface area contributed by atoms with Crippen LogP contribution in [-0.2, 0) is 0 Å². The number of benzene rings is 3. The normalized spacial score (nSPS) is 11.2. The van der Waals surface area contributed by atoms with Gasteiger partial charge < -0.3 is 13.9 Å². The average molecular weight is 489 g/mol. The van der Waals surface area contributed by atoms with Gasteiger partial charge in [0, 0.05) is 10.0 Å². The number of ketones is 2. The minimum Gasteiger partial charge on any atom is -0.507 e. The van der Waals surface area contributed by atoms with Gasteiger partial charge in [-0.15, -0.1) is 0 Å². The summed E-state index contributed by atoms with van der Waals surface area (Å²) < 4.78 is 12.1. The Bertz CT molecular complexity index is 1590. The molecule has 7 heteroatoms. The minimum atomic E-state index is -0.792. The van der Waals surface area contributed by atoms with Crippen LogP contribution < -0.4 is 5.63 Å². The van der Waals surface area contributed by atoms with Crippen molar-refractivity contribution in [2.75, 3.05) is 0 Å². The molecule has 0 amide bonds. The molecule has 2 aromatic heterocycles. The highest BCUT2D eigenvalue weighted by atomic mass is 79.9. The van der Waals surface area contributed by atoms with Crippen molar-refractivity contribution in [1.82, 2.24) is 0 Å². The van der Waals surface area contributed by atoms with Gasteiger partial charge in [-0.1, -0.05) is 40.2 Å². The lowest BCUT2D eigenvalue weighted by Gasteiger charge is -2.04. The quantitative estimate of drug-likeness (QED) is 0.266. The topological polar surface area (TPSA) is 97.7 Å². The number of phenolic OH excluding ortho intramolecular Hbond substituents is 1. The van der Waals surface area contributed by atoms with E-state index in [4.69, 9.17) is 8.83 Å². The summed E-state index contributed by atoms with van der Waals surface area (Å²) in [5.74, 6) is -1.89. The maximum absolute atomic E-state index is 13.5. The summed E-state index contributed by atoms with van der Waals surface area (Å²) in [5, 5.41) is 10.5. The van der Waals surface area contributed by atoms with Crippen molar-refractivity contribution in [3.8, 4) is 5.75 Å².